The van der Waals surface area contributed by atoms with Crippen LogP contribution in [0.3, 0.4) is 0 Å². The van der Waals surface area contributed by atoms with Crippen molar-refractivity contribution in [1.29, 1.82) is 0 Å². The van der Waals surface area contributed by atoms with Crippen molar-refractivity contribution in [3.8, 4) is 0 Å². The molecule has 5 heteroatoms. The molecule has 3 aromatic rings. The minimum Gasteiger partial charge on any atom is -0.381 e. The maximum atomic E-state index is 12.5. The Bertz CT molecular complexity index is 997. The largest absolute Gasteiger partial charge is 0.381 e. The highest BCUT2D eigenvalue weighted by atomic mass is 32.2. The highest BCUT2D eigenvalue weighted by molar-refractivity contribution is 7.92. The van der Waals surface area contributed by atoms with Crippen molar-refractivity contribution >= 4 is 21.4 Å². The summed E-state index contributed by atoms with van der Waals surface area (Å²) in [6.45, 7) is 4.57. The maximum Gasteiger partial charge on any atom is 0.262 e. The fraction of sp³-hybridized carbons (Fsp3) is 0.143. The van der Waals surface area contributed by atoms with Gasteiger partial charge in [-0.1, -0.05) is 48.0 Å². The first-order valence-electron chi connectivity index (χ1n) is 8.42. The Morgan fingerprint density at radius 3 is 2.19 bits per heavy atom. The van der Waals surface area contributed by atoms with Gasteiger partial charge in [0.25, 0.3) is 10.0 Å². The second kappa shape index (κ2) is 7.62. The summed E-state index contributed by atoms with van der Waals surface area (Å²) in [7, 11) is -3.59. The molecule has 2 N–H and O–H groups in total. The third-order valence-corrected chi connectivity index (χ3v) is 5.64. The molecule has 0 fully saturated rings. The number of rotatable bonds is 6. The van der Waals surface area contributed by atoms with Crippen LogP contribution in [0.15, 0.2) is 77.7 Å². The average Bonchev–Trinajstić information content (AvgIpc) is 2.61. The smallest absolute Gasteiger partial charge is 0.262 e. The van der Waals surface area contributed by atoms with Crippen LogP contribution in [0, 0.1) is 13.8 Å². The number of nitrogens with one attached hydrogen (secondary N) is 2. The second-order valence-electron chi connectivity index (χ2n) is 6.29. The van der Waals surface area contributed by atoms with E-state index in [2.05, 4.69) is 35.2 Å². The number of sulfonamides is 1. The number of aryl methyl sites for hydroxylation is 2. The lowest BCUT2D eigenvalue weighted by Gasteiger charge is -2.11. The van der Waals surface area contributed by atoms with Gasteiger partial charge in [0.15, 0.2) is 0 Å². The average molecular weight is 366 g/mol. The van der Waals surface area contributed by atoms with Crippen LogP contribution in [-0.4, -0.2) is 8.42 Å². The van der Waals surface area contributed by atoms with Gasteiger partial charge in [0.1, 0.15) is 0 Å². The van der Waals surface area contributed by atoms with Crippen molar-refractivity contribution in [1.82, 2.24) is 0 Å². The van der Waals surface area contributed by atoms with E-state index >= 15 is 0 Å². The van der Waals surface area contributed by atoms with E-state index in [9.17, 15) is 8.42 Å². The van der Waals surface area contributed by atoms with Crippen LogP contribution in [0.2, 0.25) is 0 Å². The highest BCUT2D eigenvalue weighted by Crippen LogP contribution is 2.21. The Hall–Kier alpha value is -2.79. The molecule has 0 atom stereocenters. The fourth-order valence-corrected chi connectivity index (χ4v) is 4.06. The van der Waals surface area contributed by atoms with Crippen LogP contribution in [-0.2, 0) is 16.6 Å². The molecule has 0 heterocycles. The van der Waals surface area contributed by atoms with Gasteiger partial charge in [-0.3, -0.25) is 4.72 Å². The summed E-state index contributed by atoms with van der Waals surface area (Å²) in [5.74, 6) is 0. The molecule has 134 valence electrons. The van der Waals surface area contributed by atoms with Gasteiger partial charge >= 0.3 is 0 Å². The molecule has 0 aromatic heterocycles. The zero-order valence-corrected chi connectivity index (χ0v) is 15.7. The molecule has 0 radical (unpaired) electrons. The van der Waals surface area contributed by atoms with E-state index in [-0.39, 0.29) is 0 Å². The van der Waals surface area contributed by atoms with Crippen molar-refractivity contribution in [2.24, 2.45) is 0 Å². The van der Waals surface area contributed by atoms with Crippen LogP contribution in [0.25, 0.3) is 0 Å². The molecular formula is C21H22N2O2S. The van der Waals surface area contributed by atoms with Gasteiger partial charge in [0, 0.05) is 17.9 Å². The topological polar surface area (TPSA) is 58.2 Å². The maximum absolute atomic E-state index is 12.5. The zero-order valence-electron chi connectivity index (χ0n) is 14.9. The number of hydrogen-bond acceptors (Lipinski definition) is 3. The summed E-state index contributed by atoms with van der Waals surface area (Å²) in [5.41, 5.74) is 4.62. The second-order valence-corrected chi connectivity index (χ2v) is 7.94. The number of anilines is 2. The minimum absolute atomic E-state index is 0.293. The SMILES string of the molecule is Cc1cccc(CNc2ccc(NS(=O)(=O)c3ccccc3C)cc2)c1. The van der Waals surface area contributed by atoms with E-state index < -0.39 is 10.0 Å². The summed E-state index contributed by atoms with van der Waals surface area (Å²) in [6, 6.07) is 22.5. The predicted molar refractivity (Wildman–Crippen MR) is 107 cm³/mol. The van der Waals surface area contributed by atoms with Gasteiger partial charge in [-0.05, 0) is 55.3 Å². The highest BCUT2D eigenvalue weighted by Gasteiger charge is 2.16. The van der Waals surface area contributed by atoms with Crippen molar-refractivity contribution in [3.05, 3.63) is 89.5 Å². The van der Waals surface area contributed by atoms with Gasteiger partial charge in [0.2, 0.25) is 0 Å². The molecule has 0 aliphatic carbocycles. The molecule has 4 nitrogen and oxygen atoms in total. The lowest BCUT2D eigenvalue weighted by atomic mass is 10.1. The Balaban J connectivity index is 1.67. The van der Waals surface area contributed by atoms with Crippen molar-refractivity contribution < 1.29 is 8.42 Å². The van der Waals surface area contributed by atoms with Crippen LogP contribution in [0.5, 0.6) is 0 Å². The van der Waals surface area contributed by atoms with E-state index in [0.717, 1.165) is 17.8 Å². The predicted octanol–water partition coefficient (Wildman–Crippen LogP) is 4.72. The van der Waals surface area contributed by atoms with Crippen LogP contribution in [0.1, 0.15) is 16.7 Å². The monoisotopic (exact) mass is 366 g/mol. The quantitative estimate of drug-likeness (QED) is 0.664. The summed E-state index contributed by atoms with van der Waals surface area (Å²) < 4.78 is 27.7. The molecule has 26 heavy (non-hydrogen) atoms. The lowest BCUT2D eigenvalue weighted by molar-refractivity contribution is 0.600. The number of benzene rings is 3. The molecule has 0 saturated heterocycles. The van der Waals surface area contributed by atoms with Crippen molar-refractivity contribution in [2.45, 2.75) is 25.3 Å². The third-order valence-electron chi connectivity index (χ3n) is 4.10. The minimum atomic E-state index is -3.59. The molecule has 0 aliphatic rings. The van der Waals surface area contributed by atoms with Gasteiger partial charge < -0.3 is 5.32 Å². The van der Waals surface area contributed by atoms with E-state index in [4.69, 9.17) is 0 Å². The Morgan fingerprint density at radius 1 is 0.808 bits per heavy atom. The summed E-state index contributed by atoms with van der Waals surface area (Å²) in [4.78, 5) is 0.293. The standard InChI is InChI=1S/C21H22N2O2S/c1-16-6-5-8-18(14-16)15-22-19-10-12-20(13-11-19)23-26(24,25)21-9-4-3-7-17(21)2/h3-14,22-23H,15H2,1-2H3. The van der Waals surface area contributed by atoms with Crippen molar-refractivity contribution in [2.75, 3.05) is 10.0 Å². The fourth-order valence-electron chi connectivity index (χ4n) is 2.75. The Labute approximate surface area is 155 Å². The molecule has 0 unspecified atom stereocenters. The molecule has 0 amide bonds. The van der Waals surface area contributed by atoms with E-state index in [1.165, 1.54) is 11.1 Å². The summed E-state index contributed by atoms with van der Waals surface area (Å²) >= 11 is 0. The third kappa shape index (κ3) is 4.43. The molecule has 0 saturated carbocycles. The molecular weight excluding hydrogens is 344 g/mol. The molecule has 0 bridgehead atoms. The first-order valence-corrected chi connectivity index (χ1v) is 9.90. The van der Waals surface area contributed by atoms with Gasteiger partial charge in [-0.25, -0.2) is 8.42 Å². The molecule has 0 spiro atoms. The van der Waals surface area contributed by atoms with Crippen LogP contribution < -0.4 is 10.0 Å². The molecule has 0 aliphatic heterocycles. The Morgan fingerprint density at radius 2 is 1.50 bits per heavy atom. The first kappa shape index (κ1) is 18.0. The van der Waals surface area contributed by atoms with Gasteiger partial charge in [-0.15, -0.1) is 0 Å². The van der Waals surface area contributed by atoms with E-state index in [0.29, 0.717) is 10.6 Å². The number of hydrogen-bond donors (Lipinski definition) is 2. The molecule has 3 aromatic carbocycles. The first-order chi connectivity index (χ1) is 12.4. The van der Waals surface area contributed by atoms with Crippen LogP contribution >= 0.6 is 0 Å². The van der Waals surface area contributed by atoms with E-state index in [1.807, 2.05) is 24.3 Å². The molecule has 3 rings (SSSR count). The van der Waals surface area contributed by atoms with Crippen molar-refractivity contribution in [3.63, 3.8) is 0 Å². The summed E-state index contributed by atoms with van der Waals surface area (Å²) in [5, 5.41) is 3.34. The summed E-state index contributed by atoms with van der Waals surface area (Å²) in [6.07, 6.45) is 0. The Kier molecular flexibility index (Phi) is 5.28. The zero-order chi connectivity index (χ0) is 18.6. The van der Waals surface area contributed by atoms with Crippen LogP contribution in [0.4, 0.5) is 11.4 Å². The normalized spacial score (nSPS) is 11.2. The van der Waals surface area contributed by atoms with Gasteiger partial charge in [-0.2, -0.15) is 0 Å². The van der Waals surface area contributed by atoms with E-state index in [1.54, 1.807) is 37.3 Å². The van der Waals surface area contributed by atoms with Gasteiger partial charge in [0.05, 0.1) is 4.90 Å². The lowest BCUT2D eigenvalue weighted by Crippen LogP contribution is -2.14.